The maximum absolute atomic E-state index is 12.1. The van der Waals surface area contributed by atoms with Crippen molar-refractivity contribution in [3.63, 3.8) is 0 Å². The van der Waals surface area contributed by atoms with Gasteiger partial charge in [-0.1, -0.05) is 0 Å². The number of aromatic carboxylic acids is 1. The third-order valence-electron chi connectivity index (χ3n) is 3.04. The predicted molar refractivity (Wildman–Crippen MR) is 82.2 cm³/mol. The summed E-state index contributed by atoms with van der Waals surface area (Å²) in [4.78, 5) is 22.8. The van der Waals surface area contributed by atoms with Gasteiger partial charge in [-0.2, -0.15) is 0 Å². The summed E-state index contributed by atoms with van der Waals surface area (Å²) in [5.74, 6) is -1.42. The van der Waals surface area contributed by atoms with Gasteiger partial charge in [-0.25, -0.2) is 4.79 Å². The number of carbonyl (C=O) groups is 2. The summed E-state index contributed by atoms with van der Waals surface area (Å²) >= 11 is 0. The van der Waals surface area contributed by atoms with E-state index in [1.807, 2.05) is 6.92 Å². The van der Waals surface area contributed by atoms with E-state index in [9.17, 15) is 9.59 Å². The van der Waals surface area contributed by atoms with Crippen molar-refractivity contribution in [3.05, 3.63) is 47.4 Å². The lowest BCUT2D eigenvalue weighted by molar-refractivity contribution is 0.0660. The van der Waals surface area contributed by atoms with Crippen LogP contribution in [0.5, 0.6) is 5.75 Å². The molecule has 0 spiro atoms. The lowest BCUT2D eigenvalue weighted by Gasteiger charge is -2.10. The molecule has 1 aromatic carbocycles. The van der Waals surface area contributed by atoms with Gasteiger partial charge < -0.3 is 24.3 Å². The number of carbonyl (C=O) groups excluding carboxylic acids is 1. The van der Waals surface area contributed by atoms with E-state index in [-0.39, 0.29) is 11.5 Å². The predicted octanol–water partition coefficient (Wildman–Crippen LogP) is 2.56. The van der Waals surface area contributed by atoms with Gasteiger partial charge in [-0.15, -0.1) is 0 Å². The average molecular weight is 319 g/mol. The Morgan fingerprint density at radius 1 is 1.17 bits per heavy atom. The van der Waals surface area contributed by atoms with Crippen molar-refractivity contribution in [1.29, 1.82) is 0 Å². The second-order valence-electron chi connectivity index (χ2n) is 4.74. The van der Waals surface area contributed by atoms with Crippen molar-refractivity contribution in [2.75, 3.05) is 25.6 Å². The summed E-state index contributed by atoms with van der Waals surface area (Å²) in [5.41, 5.74) is 1.39. The van der Waals surface area contributed by atoms with Crippen LogP contribution >= 0.6 is 0 Å². The third kappa shape index (κ3) is 4.33. The van der Waals surface area contributed by atoms with E-state index in [1.54, 1.807) is 25.3 Å². The molecule has 1 heterocycles. The number of carboxylic acid groups (broad SMARTS) is 1. The second kappa shape index (κ2) is 7.46. The summed E-state index contributed by atoms with van der Waals surface area (Å²) in [7, 11) is 1.59. The van der Waals surface area contributed by atoms with Crippen LogP contribution in [0.15, 0.2) is 34.7 Å². The van der Waals surface area contributed by atoms with E-state index in [4.69, 9.17) is 19.0 Å². The summed E-state index contributed by atoms with van der Waals surface area (Å²) in [6, 6.07) is 7.77. The smallest absolute Gasteiger partial charge is 0.371 e. The summed E-state index contributed by atoms with van der Waals surface area (Å²) in [6.07, 6.45) is 0. The van der Waals surface area contributed by atoms with Crippen LogP contribution in [-0.2, 0) is 4.74 Å². The molecule has 1 amide bonds. The molecule has 1 aromatic heterocycles. The molecule has 122 valence electrons. The summed E-state index contributed by atoms with van der Waals surface area (Å²) in [6.45, 7) is 2.75. The van der Waals surface area contributed by atoms with Crippen LogP contribution in [0.2, 0.25) is 0 Å². The number of methoxy groups -OCH3 is 1. The first-order valence-corrected chi connectivity index (χ1v) is 6.88. The highest BCUT2D eigenvalue weighted by Gasteiger charge is 2.15. The van der Waals surface area contributed by atoms with Gasteiger partial charge in [0.15, 0.2) is 5.76 Å². The Labute approximate surface area is 132 Å². The highest BCUT2D eigenvalue weighted by atomic mass is 16.5. The molecule has 2 rings (SSSR count). The first-order valence-electron chi connectivity index (χ1n) is 6.88. The van der Waals surface area contributed by atoms with Crippen LogP contribution < -0.4 is 10.1 Å². The Hall–Kier alpha value is -2.80. The van der Waals surface area contributed by atoms with Gasteiger partial charge in [0.2, 0.25) is 5.76 Å². The molecule has 0 radical (unpaired) electrons. The topological polar surface area (TPSA) is 98.0 Å². The standard InChI is InChI=1S/C16H17NO6/c1-10-9-11(22-8-7-21-2)3-4-12(10)17-15(18)13-5-6-14(23-13)16(19)20/h3-6,9H,7-8H2,1-2H3,(H,17,18)(H,19,20). The van der Waals surface area contributed by atoms with Crippen molar-refractivity contribution in [2.45, 2.75) is 6.92 Å². The van der Waals surface area contributed by atoms with Crippen LogP contribution in [0.25, 0.3) is 0 Å². The lowest BCUT2D eigenvalue weighted by atomic mass is 10.2. The molecule has 7 nitrogen and oxygen atoms in total. The minimum Gasteiger partial charge on any atom is -0.491 e. The van der Waals surface area contributed by atoms with Gasteiger partial charge in [0.1, 0.15) is 12.4 Å². The van der Waals surface area contributed by atoms with Crippen molar-refractivity contribution in [1.82, 2.24) is 0 Å². The Morgan fingerprint density at radius 2 is 1.91 bits per heavy atom. The zero-order valence-corrected chi connectivity index (χ0v) is 12.8. The highest BCUT2D eigenvalue weighted by Crippen LogP contribution is 2.22. The molecule has 0 bridgehead atoms. The molecule has 2 N–H and O–H groups in total. The lowest BCUT2D eigenvalue weighted by Crippen LogP contribution is -2.12. The molecule has 0 aliphatic carbocycles. The molecule has 0 aliphatic rings. The van der Waals surface area contributed by atoms with Crippen molar-refractivity contribution >= 4 is 17.6 Å². The van der Waals surface area contributed by atoms with Crippen molar-refractivity contribution in [3.8, 4) is 5.75 Å². The van der Waals surface area contributed by atoms with Crippen LogP contribution in [0.1, 0.15) is 26.7 Å². The van der Waals surface area contributed by atoms with Crippen LogP contribution in [0, 0.1) is 6.92 Å². The Bertz CT molecular complexity index is 706. The van der Waals surface area contributed by atoms with E-state index in [1.165, 1.54) is 12.1 Å². The molecule has 7 heteroatoms. The van der Waals surface area contributed by atoms with Crippen molar-refractivity contribution in [2.24, 2.45) is 0 Å². The molecule has 0 saturated heterocycles. The molecule has 0 unspecified atom stereocenters. The average Bonchev–Trinajstić information content (AvgIpc) is 3.00. The highest BCUT2D eigenvalue weighted by molar-refractivity contribution is 6.03. The fourth-order valence-corrected chi connectivity index (χ4v) is 1.87. The minimum atomic E-state index is -1.22. The van der Waals surface area contributed by atoms with E-state index >= 15 is 0 Å². The molecular formula is C16H17NO6. The van der Waals surface area contributed by atoms with Gasteiger partial charge in [-0.05, 0) is 42.8 Å². The van der Waals surface area contributed by atoms with Gasteiger partial charge in [0, 0.05) is 12.8 Å². The van der Waals surface area contributed by atoms with Gasteiger partial charge >= 0.3 is 5.97 Å². The number of rotatable bonds is 7. The molecule has 0 aliphatic heterocycles. The number of anilines is 1. The molecule has 23 heavy (non-hydrogen) atoms. The number of ether oxygens (including phenoxy) is 2. The van der Waals surface area contributed by atoms with E-state index in [2.05, 4.69) is 5.32 Å². The van der Waals surface area contributed by atoms with Crippen LogP contribution in [0.3, 0.4) is 0 Å². The number of furan rings is 1. The SMILES string of the molecule is COCCOc1ccc(NC(=O)c2ccc(C(=O)O)o2)c(C)c1. The molecule has 0 fully saturated rings. The fraction of sp³-hybridized carbons (Fsp3) is 0.250. The summed E-state index contributed by atoms with van der Waals surface area (Å²) < 4.78 is 15.3. The monoisotopic (exact) mass is 319 g/mol. The second-order valence-corrected chi connectivity index (χ2v) is 4.74. The number of aryl methyl sites for hydroxylation is 1. The number of hydrogen-bond acceptors (Lipinski definition) is 5. The van der Waals surface area contributed by atoms with Gasteiger partial charge in [0.25, 0.3) is 5.91 Å². The Balaban J connectivity index is 2.04. The zero-order chi connectivity index (χ0) is 16.8. The summed E-state index contributed by atoms with van der Waals surface area (Å²) in [5, 5.41) is 11.5. The number of nitrogens with one attached hydrogen (secondary N) is 1. The van der Waals surface area contributed by atoms with E-state index < -0.39 is 11.9 Å². The zero-order valence-electron chi connectivity index (χ0n) is 12.8. The number of carboxylic acids is 1. The van der Waals surface area contributed by atoms with Crippen LogP contribution in [0.4, 0.5) is 5.69 Å². The quantitative estimate of drug-likeness (QED) is 0.761. The van der Waals surface area contributed by atoms with E-state index in [0.29, 0.717) is 24.7 Å². The fourth-order valence-electron chi connectivity index (χ4n) is 1.87. The maximum Gasteiger partial charge on any atom is 0.371 e. The number of hydrogen-bond donors (Lipinski definition) is 2. The Kier molecular flexibility index (Phi) is 5.37. The first kappa shape index (κ1) is 16.6. The van der Waals surface area contributed by atoms with Gasteiger partial charge in [0.05, 0.1) is 6.61 Å². The molecule has 2 aromatic rings. The van der Waals surface area contributed by atoms with Crippen LogP contribution in [-0.4, -0.2) is 37.3 Å². The normalized spacial score (nSPS) is 10.3. The Morgan fingerprint density at radius 3 is 2.52 bits per heavy atom. The van der Waals surface area contributed by atoms with E-state index in [0.717, 1.165) is 5.56 Å². The first-order chi connectivity index (χ1) is 11.0. The largest absolute Gasteiger partial charge is 0.491 e. The number of benzene rings is 1. The van der Waals surface area contributed by atoms with Crippen molar-refractivity contribution < 1.29 is 28.6 Å². The third-order valence-corrected chi connectivity index (χ3v) is 3.04. The maximum atomic E-state index is 12.1. The number of amides is 1. The molecule has 0 saturated carbocycles. The minimum absolute atomic E-state index is 0.0674. The molecule has 0 atom stereocenters. The van der Waals surface area contributed by atoms with Gasteiger partial charge in [-0.3, -0.25) is 4.79 Å². The molecular weight excluding hydrogens is 302 g/mol.